The maximum Gasteiger partial charge on any atom is 0.0359 e. The van der Waals surface area contributed by atoms with Crippen molar-refractivity contribution in [1.82, 2.24) is 0 Å². The highest BCUT2D eigenvalue weighted by molar-refractivity contribution is 9.12. The van der Waals surface area contributed by atoms with Crippen molar-refractivity contribution in [3.8, 4) is 0 Å². The van der Waals surface area contributed by atoms with Crippen molar-refractivity contribution < 1.29 is 0 Å². The standard InChI is InChI=1S/C6H11Br3/c1-5(3-7)6(2,9)4-8/h5H,3-4H2,1-2H3. The van der Waals surface area contributed by atoms with E-state index in [1.54, 1.807) is 0 Å². The molecule has 0 nitrogen and oxygen atoms in total. The Balaban J connectivity index is 3.80. The van der Waals surface area contributed by atoms with Crippen LogP contribution in [0.15, 0.2) is 0 Å². The van der Waals surface area contributed by atoms with E-state index in [2.05, 4.69) is 61.6 Å². The molecule has 0 radical (unpaired) electrons. The van der Waals surface area contributed by atoms with Gasteiger partial charge in [-0.2, -0.15) is 0 Å². The molecule has 0 aliphatic heterocycles. The fourth-order valence-corrected chi connectivity index (χ4v) is 2.16. The number of hydrogen-bond donors (Lipinski definition) is 0. The van der Waals surface area contributed by atoms with Gasteiger partial charge in [0.2, 0.25) is 0 Å². The summed E-state index contributed by atoms with van der Waals surface area (Å²) in [6.45, 7) is 4.40. The Hall–Kier alpha value is 1.44. The van der Waals surface area contributed by atoms with Crippen LogP contribution in [0.3, 0.4) is 0 Å². The minimum absolute atomic E-state index is 0.233. The second-order valence-electron chi connectivity index (χ2n) is 2.47. The van der Waals surface area contributed by atoms with Gasteiger partial charge in [-0.25, -0.2) is 0 Å². The highest BCUT2D eigenvalue weighted by Crippen LogP contribution is 2.30. The third-order valence-corrected chi connectivity index (χ3v) is 5.47. The molecule has 0 bridgehead atoms. The Morgan fingerprint density at radius 2 is 1.89 bits per heavy atom. The van der Waals surface area contributed by atoms with Crippen LogP contribution < -0.4 is 0 Å². The summed E-state index contributed by atoms with van der Waals surface area (Å²) in [6.07, 6.45) is 0. The van der Waals surface area contributed by atoms with E-state index in [0.29, 0.717) is 5.92 Å². The van der Waals surface area contributed by atoms with Gasteiger partial charge in [0.1, 0.15) is 0 Å². The van der Waals surface area contributed by atoms with Gasteiger partial charge in [-0.05, 0) is 12.8 Å². The van der Waals surface area contributed by atoms with E-state index in [1.165, 1.54) is 0 Å². The van der Waals surface area contributed by atoms with Crippen LogP contribution in [0.5, 0.6) is 0 Å². The van der Waals surface area contributed by atoms with E-state index >= 15 is 0 Å². The van der Waals surface area contributed by atoms with Gasteiger partial charge in [0.05, 0.1) is 0 Å². The van der Waals surface area contributed by atoms with E-state index in [1.807, 2.05) is 0 Å². The third kappa shape index (κ3) is 3.38. The molecule has 0 aliphatic carbocycles. The first-order chi connectivity index (χ1) is 4.04. The fraction of sp³-hybridized carbons (Fsp3) is 1.00. The molecule has 56 valence electrons. The average molecular weight is 323 g/mol. The second-order valence-corrected chi connectivity index (χ2v) is 5.49. The molecule has 0 fully saturated rings. The molecular formula is C6H11Br3. The van der Waals surface area contributed by atoms with E-state index in [4.69, 9.17) is 0 Å². The first kappa shape index (κ1) is 10.4. The second kappa shape index (κ2) is 4.35. The molecule has 9 heavy (non-hydrogen) atoms. The van der Waals surface area contributed by atoms with Crippen LogP contribution in [0, 0.1) is 5.92 Å². The van der Waals surface area contributed by atoms with Crippen molar-refractivity contribution in [2.24, 2.45) is 5.92 Å². The van der Waals surface area contributed by atoms with Gasteiger partial charge in [-0.3, -0.25) is 0 Å². The Labute approximate surface area is 82.2 Å². The van der Waals surface area contributed by atoms with Crippen LogP contribution in [0.2, 0.25) is 0 Å². The van der Waals surface area contributed by atoms with Gasteiger partial charge < -0.3 is 0 Å². The summed E-state index contributed by atoms with van der Waals surface area (Å²) in [6, 6.07) is 0. The maximum absolute atomic E-state index is 3.63. The van der Waals surface area contributed by atoms with Crippen molar-refractivity contribution in [3.63, 3.8) is 0 Å². The van der Waals surface area contributed by atoms with Crippen LogP contribution in [0.25, 0.3) is 0 Å². The normalized spacial score (nSPS) is 21.0. The van der Waals surface area contributed by atoms with E-state index in [-0.39, 0.29) is 4.32 Å². The van der Waals surface area contributed by atoms with Crippen molar-refractivity contribution in [3.05, 3.63) is 0 Å². The minimum atomic E-state index is 0.233. The molecule has 0 aromatic carbocycles. The molecular weight excluding hydrogens is 312 g/mol. The minimum Gasteiger partial charge on any atom is -0.0925 e. The van der Waals surface area contributed by atoms with Crippen LogP contribution in [-0.2, 0) is 0 Å². The van der Waals surface area contributed by atoms with Crippen molar-refractivity contribution >= 4 is 47.8 Å². The zero-order valence-corrected chi connectivity index (χ0v) is 10.4. The number of hydrogen-bond acceptors (Lipinski definition) is 0. The molecule has 0 saturated carbocycles. The van der Waals surface area contributed by atoms with Crippen molar-refractivity contribution in [2.75, 3.05) is 10.7 Å². The smallest absolute Gasteiger partial charge is 0.0359 e. The van der Waals surface area contributed by atoms with Gasteiger partial charge in [0.25, 0.3) is 0 Å². The van der Waals surface area contributed by atoms with Crippen molar-refractivity contribution in [1.29, 1.82) is 0 Å². The third-order valence-electron chi connectivity index (χ3n) is 1.52. The summed E-state index contributed by atoms with van der Waals surface area (Å²) < 4.78 is 0.233. The summed E-state index contributed by atoms with van der Waals surface area (Å²) in [4.78, 5) is 0. The Morgan fingerprint density at radius 1 is 1.44 bits per heavy atom. The predicted molar refractivity (Wildman–Crippen MR) is 54.1 cm³/mol. The number of rotatable bonds is 3. The van der Waals surface area contributed by atoms with Gasteiger partial charge in [-0.15, -0.1) is 0 Å². The number of halogens is 3. The monoisotopic (exact) mass is 320 g/mol. The summed E-state index contributed by atoms with van der Waals surface area (Å²) in [5.41, 5.74) is 0. The summed E-state index contributed by atoms with van der Waals surface area (Å²) >= 11 is 10.5. The zero-order chi connectivity index (χ0) is 7.49. The van der Waals surface area contributed by atoms with E-state index in [9.17, 15) is 0 Å². The molecule has 0 rings (SSSR count). The van der Waals surface area contributed by atoms with Gasteiger partial charge in [-0.1, -0.05) is 54.7 Å². The molecule has 0 aromatic heterocycles. The maximum atomic E-state index is 3.63. The van der Waals surface area contributed by atoms with Gasteiger partial charge in [0.15, 0.2) is 0 Å². The topological polar surface area (TPSA) is 0 Å². The molecule has 0 N–H and O–H groups in total. The lowest BCUT2D eigenvalue weighted by atomic mass is 10.0. The fourth-order valence-electron chi connectivity index (χ4n) is 0.293. The van der Waals surface area contributed by atoms with Crippen LogP contribution >= 0.6 is 47.8 Å². The Morgan fingerprint density at radius 3 is 2.00 bits per heavy atom. The molecule has 0 amide bonds. The van der Waals surface area contributed by atoms with Crippen LogP contribution in [0.4, 0.5) is 0 Å². The largest absolute Gasteiger partial charge is 0.0925 e. The first-order valence-corrected chi connectivity index (χ1v) is 5.89. The van der Waals surface area contributed by atoms with Crippen molar-refractivity contribution in [2.45, 2.75) is 18.2 Å². The molecule has 0 spiro atoms. The Kier molecular flexibility index (Phi) is 5.04. The molecule has 0 aromatic rings. The first-order valence-electron chi connectivity index (χ1n) is 2.85. The molecule has 0 saturated heterocycles. The average Bonchev–Trinajstić information content (AvgIpc) is 1.86. The zero-order valence-electron chi connectivity index (χ0n) is 5.63. The highest BCUT2D eigenvalue weighted by atomic mass is 79.9. The van der Waals surface area contributed by atoms with E-state index < -0.39 is 0 Å². The predicted octanol–water partition coefficient (Wildman–Crippen LogP) is 3.57. The molecule has 0 aliphatic rings. The molecule has 2 unspecified atom stereocenters. The van der Waals surface area contributed by atoms with Gasteiger partial charge >= 0.3 is 0 Å². The summed E-state index contributed by atoms with van der Waals surface area (Å²) in [5, 5.41) is 2.03. The van der Waals surface area contributed by atoms with Crippen LogP contribution in [0.1, 0.15) is 13.8 Å². The quantitative estimate of drug-likeness (QED) is 0.697. The lowest BCUT2D eigenvalue weighted by Gasteiger charge is -2.25. The van der Waals surface area contributed by atoms with Crippen LogP contribution in [-0.4, -0.2) is 15.0 Å². The van der Waals surface area contributed by atoms with Gasteiger partial charge in [0, 0.05) is 15.0 Å². The SMILES string of the molecule is CC(CBr)C(C)(Br)CBr. The Bertz CT molecular complexity index is 80.4. The summed E-state index contributed by atoms with van der Waals surface area (Å²) in [7, 11) is 0. The lowest BCUT2D eigenvalue weighted by Crippen LogP contribution is -2.28. The highest BCUT2D eigenvalue weighted by Gasteiger charge is 2.25. The molecule has 2 atom stereocenters. The summed E-state index contributed by atoms with van der Waals surface area (Å²) in [5.74, 6) is 0.650. The number of alkyl halides is 3. The lowest BCUT2D eigenvalue weighted by molar-refractivity contribution is 0.535. The molecule has 3 heteroatoms. The molecule has 0 heterocycles. The van der Waals surface area contributed by atoms with E-state index in [0.717, 1.165) is 10.7 Å².